The summed E-state index contributed by atoms with van der Waals surface area (Å²) in [5.41, 5.74) is 5.23. The minimum absolute atomic E-state index is 0.00206. The van der Waals surface area contributed by atoms with Crippen LogP contribution in [-0.2, 0) is 23.7 Å². The molecule has 2 amide bonds. The van der Waals surface area contributed by atoms with Crippen molar-refractivity contribution in [1.29, 1.82) is 0 Å². The highest BCUT2D eigenvalue weighted by Crippen LogP contribution is 2.38. The van der Waals surface area contributed by atoms with Crippen LogP contribution in [0.2, 0.25) is 0 Å². The number of carbonyl (C=O) groups excluding carboxylic acids is 2. The van der Waals surface area contributed by atoms with E-state index < -0.39 is 11.5 Å². The van der Waals surface area contributed by atoms with Crippen molar-refractivity contribution in [2.24, 2.45) is 5.73 Å². The molecule has 1 aliphatic rings. The highest BCUT2D eigenvalue weighted by Gasteiger charge is 2.37. The largest absolute Gasteiger partial charge is 0.490 e. The van der Waals surface area contributed by atoms with Crippen LogP contribution in [0.4, 0.5) is 0 Å². The van der Waals surface area contributed by atoms with Gasteiger partial charge in [0.15, 0.2) is 0 Å². The third-order valence-corrected chi connectivity index (χ3v) is 11.3. The van der Waals surface area contributed by atoms with Crippen LogP contribution in [-0.4, -0.2) is 129 Å². The van der Waals surface area contributed by atoms with Crippen molar-refractivity contribution in [2.75, 3.05) is 65.5 Å². The molecule has 1 fully saturated rings. The normalized spacial score (nSPS) is 18.9. The summed E-state index contributed by atoms with van der Waals surface area (Å²) in [5.74, 6) is 5.77. The highest BCUT2D eigenvalue weighted by atomic mass is 33.1. The molecule has 1 aromatic rings. The van der Waals surface area contributed by atoms with E-state index in [-0.39, 0.29) is 80.3 Å². The molecule has 1 aromatic carbocycles. The van der Waals surface area contributed by atoms with Gasteiger partial charge in [-0.05, 0) is 30.9 Å². The van der Waals surface area contributed by atoms with E-state index in [4.69, 9.17) is 29.4 Å². The Bertz CT molecular complexity index is 1130. The molecule has 2 rings (SSSR count). The average Bonchev–Trinajstić information content (AvgIpc) is 3.44. The second kappa shape index (κ2) is 24.0. The first kappa shape index (κ1) is 41.9. The summed E-state index contributed by atoms with van der Waals surface area (Å²) in [6, 6.07) is 6.60. The molecule has 0 saturated carbocycles. The van der Waals surface area contributed by atoms with Crippen molar-refractivity contribution in [3.8, 4) is 17.5 Å². The third-order valence-electron chi connectivity index (χ3n) is 5.92. The molecule has 0 aliphatic carbocycles. The van der Waals surface area contributed by atoms with Crippen molar-refractivity contribution in [2.45, 2.75) is 61.0 Å². The Balaban J connectivity index is 1.69. The van der Waals surface area contributed by atoms with E-state index in [0.717, 1.165) is 0 Å². The molecule has 263 valence electrons. The molecular weight excluding hydrogens is 685 g/mol. The van der Waals surface area contributed by atoms with Crippen molar-refractivity contribution in [3.05, 3.63) is 29.8 Å². The first-order valence-corrected chi connectivity index (χ1v) is 20.0. The first-order valence-electron chi connectivity index (χ1n) is 15.1. The zero-order chi connectivity index (χ0) is 34.5. The molecule has 1 heterocycles. The molecule has 0 aromatic heterocycles. The monoisotopic (exact) mass is 732 g/mol. The van der Waals surface area contributed by atoms with E-state index >= 15 is 0 Å². The van der Waals surface area contributed by atoms with Crippen LogP contribution >= 0.6 is 43.2 Å². The van der Waals surface area contributed by atoms with Gasteiger partial charge in [0, 0.05) is 29.4 Å². The summed E-state index contributed by atoms with van der Waals surface area (Å²) < 4.78 is 29.1. The lowest BCUT2D eigenvalue weighted by Gasteiger charge is -2.22. The van der Waals surface area contributed by atoms with Gasteiger partial charge in [-0.3, -0.25) is 9.59 Å². The topological polar surface area (TPSA) is 171 Å². The van der Waals surface area contributed by atoms with Gasteiger partial charge in [-0.1, -0.05) is 75.9 Å². The Kier molecular flexibility index (Phi) is 21.3. The molecule has 6 N–H and O–H groups in total. The molecule has 17 heteroatoms. The van der Waals surface area contributed by atoms with Crippen LogP contribution in [0.1, 0.15) is 37.6 Å². The van der Waals surface area contributed by atoms with Gasteiger partial charge in [0.25, 0.3) is 13.2 Å². The number of amides is 2. The number of aliphatic hydroxyl groups excluding tert-OH is 2. The number of aliphatic hydroxyl groups is 2. The zero-order valence-corrected chi connectivity index (χ0v) is 30.6. The number of nitrogens with two attached hydrogens (primary N) is 1. The molecule has 0 spiro atoms. The van der Waals surface area contributed by atoms with Crippen LogP contribution in [0.3, 0.4) is 0 Å². The van der Waals surface area contributed by atoms with Gasteiger partial charge in [-0.2, -0.15) is 5.82 Å². The maximum Gasteiger partial charge on any atom is 0.251 e. The molecule has 2 unspecified atom stereocenters. The predicted octanol–water partition coefficient (Wildman–Crippen LogP) is 1.90. The lowest BCUT2D eigenvalue weighted by molar-refractivity contribution is -0.126. The molecule has 47 heavy (non-hydrogen) atoms. The number of benzene rings is 1. The smallest absolute Gasteiger partial charge is 0.251 e. The minimum Gasteiger partial charge on any atom is -0.490 e. The van der Waals surface area contributed by atoms with E-state index in [1.165, 1.54) is 21.6 Å². The van der Waals surface area contributed by atoms with E-state index in [2.05, 4.69) is 43.1 Å². The summed E-state index contributed by atoms with van der Waals surface area (Å²) >= 11 is 0. The quantitative estimate of drug-likeness (QED) is 0.0385. The van der Waals surface area contributed by atoms with Crippen molar-refractivity contribution >= 4 is 62.3 Å². The summed E-state index contributed by atoms with van der Waals surface area (Å²) in [6.45, 7) is 7.47. The average molecular weight is 733 g/mol. The van der Waals surface area contributed by atoms with Crippen LogP contribution in [0.15, 0.2) is 24.3 Å². The van der Waals surface area contributed by atoms with Crippen LogP contribution in [0, 0.1) is 11.7 Å². The standard InChI is InChI=1S/C30H47BN3O9S4/c1-30(2,3)47-46-28(20-41-22-8-5-7-21(15-22)29(38)34-12-10-32)40-14-13-39-19-26(37)33-11-6-9-31-25-16-23(24(17-35)42-25)43-27(18-36)45-44-4/h5,7-8,15,23-25,27-28,35-36H,10-14,16-20,32H2,1-4H3,(H,33,37)(H,34,38)/t23-,24?,25-,27-,28?/m1/s1. The molecule has 1 radical (unpaired) electrons. The first-order chi connectivity index (χ1) is 22.6. The second-order valence-corrected chi connectivity index (χ2v) is 16.8. The van der Waals surface area contributed by atoms with Crippen molar-refractivity contribution in [3.63, 3.8) is 0 Å². The van der Waals surface area contributed by atoms with Crippen LogP contribution < -0.4 is 21.1 Å². The Morgan fingerprint density at radius 2 is 2.00 bits per heavy atom. The number of ether oxygens (including phenoxy) is 5. The summed E-state index contributed by atoms with van der Waals surface area (Å²) in [4.78, 5) is 24.4. The lowest BCUT2D eigenvalue weighted by Crippen LogP contribution is -2.31. The number of hydrogen-bond acceptors (Lipinski definition) is 14. The number of carbonyl (C=O) groups is 2. The van der Waals surface area contributed by atoms with E-state index in [0.29, 0.717) is 30.8 Å². The molecule has 5 atom stereocenters. The van der Waals surface area contributed by atoms with Crippen molar-refractivity contribution in [1.82, 2.24) is 10.6 Å². The van der Waals surface area contributed by atoms with E-state index in [9.17, 15) is 19.8 Å². The Morgan fingerprint density at radius 1 is 1.19 bits per heavy atom. The second-order valence-electron chi connectivity index (χ2n) is 11.0. The Hall–Kier alpha value is -1.30. The van der Waals surface area contributed by atoms with Gasteiger partial charge >= 0.3 is 0 Å². The van der Waals surface area contributed by atoms with E-state index in [1.54, 1.807) is 53.1 Å². The van der Waals surface area contributed by atoms with Gasteiger partial charge in [-0.25, -0.2) is 0 Å². The number of rotatable bonds is 22. The van der Waals surface area contributed by atoms with Crippen LogP contribution in [0.25, 0.3) is 0 Å². The molecule has 12 nitrogen and oxygen atoms in total. The maximum absolute atomic E-state index is 12.2. The fourth-order valence-corrected chi connectivity index (χ4v) is 7.46. The maximum atomic E-state index is 12.2. The summed E-state index contributed by atoms with van der Waals surface area (Å²) in [5, 5.41) is 24.5. The summed E-state index contributed by atoms with van der Waals surface area (Å²) in [7, 11) is 7.80. The van der Waals surface area contributed by atoms with E-state index in [1.807, 2.05) is 6.26 Å². The predicted molar refractivity (Wildman–Crippen MR) is 193 cm³/mol. The lowest BCUT2D eigenvalue weighted by atomic mass is 9.71. The minimum atomic E-state index is -0.493. The number of hydrogen-bond donors (Lipinski definition) is 5. The highest BCUT2D eigenvalue weighted by molar-refractivity contribution is 8.77. The SMILES string of the molecule is CSS[C@H](CO)O[C@@H]1C[C@H]([B]C#CCNC(=O)COCCOC(COc2cccc(C(=O)NCCN)c2)SSC(C)(C)C)OC1CO. The van der Waals surface area contributed by atoms with Gasteiger partial charge < -0.3 is 50.3 Å². The molecule has 1 aliphatic heterocycles. The van der Waals surface area contributed by atoms with Gasteiger partial charge in [-0.15, -0.1) is 0 Å². The molecule has 0 bridgehead atoms. The summed E-state index contributed by atoms with van der Waals surface area (Å²) in [6.07, 6.45) is 1.57. The zero-order valence-electron chi connectivity index (χ0n) is 27.3. The fraction of sp³-hybridized carbons (Fsp3) is 0.667. The Labute approximate surface area is 294 Å². The fourth-order valence-electron chi connectivity index (χ4n) is 3.84. The van der Waals surface area contributed by atoms with Gasteiger partial charge in [0.2, 0.25) is 5.91 Å². The van der Waals surface area contributed by atoms with Crippen molar-refractivity contribution < 1.29 is 43.5 Å². The van der Waals surface area contributed by atoms with Gasteiger partial charge in [0.05, 0.1) is 39.1 Å². The molecular formula is C30H47BN3O9S4. The number of nitrogens with one attached hydrogen (secondary N) is 2. The third kappa shape index (κ3) is 18.3. The van der Waals surface area contributed by atoms with Gasteiger partial charge in [0.1, 0.15) is 35.9 Å². The van der Waals surface area contributed by atoms with Crippen LogP contribution in [0.5, 0.6) is 5.75 Å². The molecule has 1 saturated heterocycles. The Morgan fingerprint density at radius 3 is 2.70 bits per heavy atom.